The molecule has 1 nitrogen and oxygen atoms in total. The van der Waals surface area contributed by atoms with Crippen LogP contribution in [0.2, 0.25) is 0 Å². The van der Waals surface area contributed by atoms with E-state index in [1.165, 1.54) is 42.7 Å². The molecule has 0 N–H and O–H groups in total. The number of fused-ring (bicyclic) bond motifs is 3. The van der Waals surface area contributed by atoms with E-state index in [0.29, 0.717) is 11.8 Å². The minimum Gasteiger partial charge on any atom is -0.303 e. The van der Waals surface area contributed by atoms with Crippen molar-refractivity contribution in [2.45, 2.75) is 39.0 Å². The molecule has 0 aromatic heterocycles. The fraction of sp³-hybridized carbons (Fsp3) is 0.455. The molecule has 2 aromatic carbocycles. The second kappa shape index (κ2) is 5.79. The first-order chi connectivity index (χ1) is 11.2. The number of aryl methyl sites for hydroxylation is 2. The number of benzene rings is 2. The van der Waals surface area contributed by atoms with Gasteiger partial charge >= 0.3 is 0 Å². The summed E-state index contributed by atoms with van der Waals surface area (Å²) >= 11 is 0. The molecule has 23 heavy (non-hydrogen) atoms. The predicted octanol–water partition coefficient (Wildman–Crippen LogP) is 4.87. The van der Waals surface area contributed by atoms with E-state index in [2.05, 4.69) is 68.1 Å². The summed E-state index contributed by atoms with van der Waals surface area (Å²) in [5.74, 6) is 2.08. The molecule has 1 aliphatic heterocycles. The van der Waals surface area contributed by atoms with Gasteiger partial charge in [-0.05, 0) is 56.0 Å². The van der Waals surface area contributed by atoms with Gasteiger partial charge in [-0.2, -0.15) is 0 Å². The van der Waals surface area contributed by atoms with Crippen LogP contribution in [0.5, 0.6) is 0 Å². The van der Waals surface area contributed by atoms with Crippen molar-refractivity contribution < 1.29 is 0 Å². The lowest BCUT2D eigenvalue weighted by Gasteiger charge is -2.37. The highest BCUT2D eigenvalue weighted by molar-refractivity contribution is 5.48. The van der Waals surface area contributed by atoms with Crippen molar-refractivity contribution in [3.8, 4) is 0 Å². The van der Waals surface area contributed by atoms with Crippen molar-refractivity contribution in [1.82, 2.24) is 4.90 Å². The molecule has 1 unspecified atom stereocenters. The lowest BCUT2D eigenvalue weighted by molar-refractivity contribution is 0.167. The van der Waals surface area contributed by atoms with E-state index in [-0.39, 0.29) is 0 Å². The minimum atomic E-state index is 0.592. The Morgan fingerprint density at radius 1 is 0.957 bits per heavy atom. The molecule has 1 heteroatoms. The number of likely N-dealkylation sites (tertiary alicyclic amines) is 1. The molecule has 3 atom stereocenters. The molecule has 1 saturated heterocycles. The molecule has 0 bridgehead atoms. The van der Waals surface area contributed by atoms with E-state index in [1.807, 2.05) is 0 Å². The number of piperidine rings is 1. The highest BCUT2D eigenvalue weighted by Gasteiger charge is 2.43. The van der Waals surface area contributed by atoms with Gasteiger partial charge in [0, 0.05) is 18.4 Å². The largest absolute Gasteiger partial charge is 0.303 e. The summed E-state index contributed by atoms with van der Waals surface area (Å²) < 4.78 is 0. The normalized spacial score (nSPS) is 26.8. The molecular formula is C22H27N. The summed E-state index contributed by atoms with van der Waals surface area (Å²) in [4.78, 5) is 2.63. The van der Waals surface area contributed by atoms with Crippen molar-refractivity contribution in [3.05, 3.63) is 70.3 Å². The maximum atomic E-state index is 2.63. The van der Waals surface area contributed by atoms with Crippen molar-refractivity contribution in [2.24, 2.45) is 5.92 Å². The van der Waals surface area contributed by atoms with Gasteiger partial charge in [-0.15, -0.1) is 0 Å². The topological polar surface area (TPSA) is 3.24 Å². The second-order valence-corrected chi connectivity index (χ2v) is 7.47. The number of likely N-dealkylation sites (N-methyl/N-ethyl adjacent to an activating group) is 1. The standard InChI is InChI=1S/C22H27N/c1-4-23-12-11-19-21(14-23)18-10-7-16(3)13-20(18)22(19)17-8-5-15(2)6-9-17/h5-10,13,19,21-22H,4,11-12,14H2,1-3H3/t19-,21?,22+/m1/s1. The first kappa shape index (κ1) is 15.0. The predicted molar refractivity (Wildman–Crippen MR) is 97.2 cm³/mol. The van der Waals surface area contributed by atoms with Crippen molar-refractivity contribution >= 4 is 0 Å². The zero-order chi connectivity index (χ0) is 16.0. The third kappa shape index (κ3) is 2.52. The monoisotopic (exact) mass is 305 g/mol. The van der Waals surface area contributed by atoms with Gasteiger partial charge in [0.2, 0.25) is 0 Å². The SMILES string of the molecule is CCN1CC[C@@H]2C(C1)c1ccc(C)cc1[C@H]2c1ccc(C)cc1. The molecule has 2 aromatic rings. The fourth-order valence-electron chi connectivity index (χ4n) is 4.79. The van der Waals surface area contributed by atoms with Gasteiger partial charge < -0.3 is 4.90 Å². The average molecular weight is 305 g/mol. The van der Waals surface area contributed by atoms with Gasteiger partial charge in [-0.1, -0.05) is 60.5 Å². The van der Waals surface area contributed by atoms with Gasteiger partial charge in [-0.3, -0.25) is 0 Å². The van der Waals surface area contributed by atoms with Gasteiger partial charge in [0.05, 0.1) is 0 Å². The van der Waals surface area contributed by atoms with Crippen LogP contribution in [-0.2, 0) is 0 Å². The number of hydrogen-bond acceptors (Lipinski definition) is 1. The van der Waals surface area contributed by atoms with Crippen molar-refractivity contribution in [2.75, 3.05) is 19.6 Å². The van der Waals surface area contributed by atoms with Gasteiger partial charge in [0.25, 0.3) is 0 Å². The van der Waals surface area contributed by atoms with Gasteiger partial charge in [-0.25, -0.2) is 0 Å². The van der Waals surface area contributed by atoms with Crippen LogP contribution in [0, 0.1) is 19.8 Å². The lowest BCUT2D eigenvalue weighted by atomic mass is 9.78. The van der Waals surface area contributed by atoms with E-state index in [0.717, 1.165) is 5.92 Å². The summed E-state index contributed by atoms with van der Waals surface area (Å²) in [6, 6.07) is 16.4. The molecule has 0 saturated carbocycles. The Hall–Kier alpha value is -1.60. The summed E-state index contributed by atoms with van der Waals surface area (Å²) in [6.07, 6.45) is 1.32. The Balaban J connectivity index is 1.80. The summed E-state index contributed by atoms with van der Waals surface area (Å²) in [5, 5.41) is 0. The van der Waals surface area contributed by atoms with Gasteiger partial charge in [0.15, 0.2) is 0 Å². The third-order valence-corrected chi connectivity index (χ3v) is 6.04. The highest BCUT2D eigenvalue weighted by Crippen LogP contribution is 2.53. The Morgan fingerprint density at radius 3 is 2.43 bits per heavy atom. The Morgan fingerprint density at radius 2 is 1.70 bits per heavy atom. The summed E-state index contributed by atoms with van der Waals surface area (Å²) in [7, 11) is 0. The number of hydrogen-bond donors (Lipinski definition) is 0. The molecule has 120 valence electrons. The molecule has 1 aliphatic carbocycles. The van der Waals surface area contributed by atoms with Crippen LogP contribution in [0.15, 0.2) is 42.5 Å². The molecular weight excluding hydrogens is 278 g/mol. The van der Waals surface area contributed by atoms with Crippen LogP contribution in [0.3, 0.4) is 0 Å². The minimum absolute atomic E-state index is 0.592. The quantitative estimate of drug-likeness (QED) is 0.765. The van der Waals surface area contributed by atoms with Crippen LogP contribution in [0.25, 0.3) is 0 Å². The maximum Gasteiger partial charge on any atom is 0.0127 e. The second-order valence-electron chi connectivity index (χ2n) is 7.47. The number of nitrogens with zero attached hydrogens (tertiary/aromatic N) is 1. The number of rotatable bonds is 2. The maximum absolute atomic E-state index is 2.63. The molecule has 2 aliphatic rings. The summed E-state index contributed by atoms with van der Waals surface area (Å²) in [6.45, 7) is 10.4. The Kier molecular flexibility index (Phi) is 3.77. The van der Waals surface area contributed by atoms with E-state index < -0.39 is 0 Å². The zero-order valence-corrected chi connectivity index (χ0v) is 14.5. The van der Waals surface area contributed by atoms with Crippen molar-refractivity contribution in [1.29, 1.82) is 0 Å². The van der Waals surface area contributed by atoms with E-state index in [4.69, 9.17) is 0 Å². The van der Waals surface area contributed by atoms with Crippen molar-refractivity contribution in [3.63, 3.8) is 0 Å². The molecule has 4 rings (SSSR count). The lowest BCUT2D eigenvalue weighted by Crippen LogP contribution is -2.38. The summed E-state index contributed by atoms with van der Waals surface area (Å²) in [5.41, 5.74) is 7.48. The van der Waals surface area contributed by atoms with Crippen LogP contribution >= 0.6 is 0 Å². The Bertz CT molecular complexity index is 700. The van der Waals surface area contributed by atoms with Crippen LogP contribution in [0.4, 0.5) is 0 Å². The zero-order valence-electron chi connectivity index (χ0n) is 14.5. The van der Waals surface area contributed by atoms with Crippen LogP contribution in [0.1, 0.15) is 53.0 Å². The highest BCUT2D eigenvalue weighted by atomic mass is 15.1. The van der Waals surface area contributed by atoms with E-state index >= 15 is 0 Å². The molecule has 0 radical (unpaired) electrons. The molecule has 0 amide bonds. The first-order valence-corrected chi connectivity index (χ1v) is 9.06. The fourth-order valence-corrected chi connectivity index (χ4v) is 4.79. The van der Waals surface area contributed by atoms with E-state index in [9.17, 15) is 0 Å². The smallest absolute Gasteiger partial charge is 0.0127 e. The first-order valence-electron chi connectivity index (χ1n) is 9.06. The average Bonchev–Trinajstić information content (AvgIpc) is 2.88. The molecule has 0 spiro atoms. The molecule has 1 fully saturated rings. The van der Waals surface area contributed by atoms with Crippen LogP contribution in [-0.4, -0.2) is 24.5 Å². The third-order valence-electron chi connectivity index (χ3n) is 6.04. The van der Waals surface area contributed by atoms with E-state index in [1.54, 1.807) is 11.1 Å². The van der Waals surface area contributed by atoms with Crippen LogP contribution < -0.4 is 0 Å². The Labute approximate surface area is 140 Å². The van der Waals surface area contributed by atoms with Gasteiger partial charge in [0.1, 0.15) is 0 Å². The molecule has 1 heterocycles.